The molecule has 308 valence electrons. The van der Waals surface area contributed by atoms with Gasteiger partial charge in [-0.05, 0) is 48.3 Å². The van der Waals surface area contributed by atoms with Gasteiger partial charge in [0.05, 0.1) is 6.04 Å². The zero-order chi connectivity index (χ0) is 40.7. The van der Waals surface area contributed by atoms with E-state index in [2.05, 4.69) is 50.7 Å². The molecule has 2 aliphatic rings. The fraction of sp³-hybridized carbons (Fsp3) is 0.535. The number of carbonyl (C=O) groups is 6. The normalized spacial score (nSPS) is 24.0. The van der Waals surface area contributed by atoms with Gasteiger partial charge in [-0.2, -0.15) is 0 Å². The third-order valence-corrected chi connectivity index (χ3v) is 11.0. The van der Waals surface area contributed by atoms with Crippen molar-refractivity contribution in [2.24, 2.45) is 17.6 Å². The van der Waals surface area contributed by atoms with Crippen LogP contribution < -0.4 is 37.6 Å². The van der Waals surface area contributed by atoms with Crippen LogP contribution in [-0.2, 0) is 41.6 Å². The number of nitrogens with two attached hydrogens (primary N) is 1. The number of primary amides is 1. The van der Waals surface area contributed by atoms with Gasteiger partial charge >= 0.3 is 0 Å². The highest BCUT2D eigenvalue weighted by Gasteiger charge is 2.33. The number of H-pyrrole nitrogens is 1. The van der Waals surface area contributed by atoms with Crippen molar-refractivity contribution in [3.63, 3.8) is 0 Å². The van der Waals surface area contributed by atoms with E-state index >= 15 is 0 Å². The summed E-state index contributed by atoms with van der Waals surface area (Å²) in [4.78, 5) is 85.1. The lowest BCUT2D eigenvalue weighted by atomic mass is 9.84. The van der Waals surface area contributed by atoms with Gasteiger partial charge in [0.1, 0.15) is 18.1 Å². The molecule has 1 aliphatic heterocycles. The summed E-state index contributed by atoms with van der Waals surface area (Å²) < 4.78 is 0. The van der Waals surface area contributed by atoms with E-state index in [1.165, 1.54) is 0 Å². The van der Waals surface area contributed by atoms with E-state index in [4.69, 9.17) is 5.73 Å². The standard InChI is InChI=1S/C43H60N8O6/c1-27(2)21-31-26-47-35(22-28-11-5-3-6-12-28)42(56)49-34(17-18-38(44)52)41(55)51-37(24-30-25-46-33-16-10-9-15-32(30)33)43(57)50-36(23-29-13-7-4-8-14-29)40(54)45-20-19-39(53)48-31/h4,7-10,13-16,25,27-28,31,34-37,46-47H,3,5-6,11-12,17-24,26H2,1-2H3,(H2,44,52)(H,45,54)(H,48,53)(H,49,56)(H,50,57)(H,51,55)/t31?,34-,35?,36-,37-/m0/s1. The Hall–Kier alpha value is -5.24. The van der Waals surface area contributed by atoms with Crippen LogP contribution in [0.3, 0.4) is 0 Å². The monoisotopic (exact) mass is 784 g/mol. The van der Waals surface area contributed by atoms with E-state index in [1.54, 1.807) is 6.20 Å². The van der Waals surface area contributed by atoms with Crippen molar-refractivity contribution in [3.05, 3.63) is 71.9 Å². The molecular formula is C43H60N8O6. The lowest BCUT2D eigenvalue weighted by Gasteiger charge is -2.30. The van der Waals surface area contributed by atoms with Crippen molar-refractivity contribution in [1.29, 1.82) is 0 Å². The average molecular weight is 785 g/mol. The molecule has 6 amide bonds. The van der Waals surface area contributed by atoms with Gasteiger partial charge in [0.15, 0.2) is 0 Å². The summed E-state index contributed by atoms with van der Waals surface area (Å²) in [6.45, 7) is 4.46. The highest BCUT2D eigenvalue weighted by atomic mass is 16.2. The predicted molar refractivity (Wildman–Crippen MR) is 218 cm³/mol. The number of hydrogen-bond donors (Lipinski definition) is 8. The lowest BCUT2D eigenvalue weighted by Crippen LogP contribution is -2.59. The zero-order valence-electron chi connectivity index (χ0n) is 33.2. The number of benzene rings is 2. The molecule has 2 fully saturated rings. The second kappa shape index (κ2) is 21.3. The van der Waals surface area contributed by atoms with E-state index in [0.29, 0.717) is 25.3 Å². The first kappa shape index (κ1) is 42.9. The first-order valence-corrected chi connectivity index (χ1v) is 20.5. The first-order valence-electron chi connectivity index (χ1n) is 20.5. The van der Waals surface area contributed by atoms with Crippen LogP contribution in [0.4, 0.5) is 0 Å². The third kappa shape index (κ3) is 13.4. The predicted octanol–water partition coefficient (Wildman–Crippen LogP) is 2.65. The largest absolute Gasteiger partial charge is 0.370 e. The Morgan fingerprint density at radius 2 is 1.40 bits per heavy atom. The van der Waals surface area contributed by atoms with Gasteiger partial charge in [0.2, 0.25) is 35.4 Å². The van der Waals surface area contributed by atoms with E-state index in [1.807, 2.05) is 54.6 Å². The van der Waals surface area contributed by atoms with Gasteiger partial charge in [-0.25, -0.2) is 0 Å². The van der Waals surface area contributed by atoms with Gasteiger partial charge in [-0.1, -0.05) is 94.5 Å². The van der Waals surface area contributed by atoms with E-state index in [-0.39, 0.29) is 56.5 Å². The van der Waals surface area contributed by atoms with Crippen LogP contribution in [0.25, 0.3) is 10.9 Å². The van der Waals surface area contributed by atoms with Gasteiger partial charge in [-0.15, -0.1) is 0 Å². The summed E-state index contributed by atoms with van der Waals surface area (Å²) >= 11 is 0. The maximum Gasteiger partial charge on any atom is 0.243 e. The summed E-state index contributed by atoms with van der Waals surface area (Å²) in [5, 5.41) is 18.9. The van der Waals surface area contributed by atoms with Crippen LogP contribution in [0, 0.1) is 11.8 Å². The molecule has 14 heteroatoms. The van der Waals surface area contributed by atoms with Crippen molar-refractivity contribution < 1.29 is 28.8 Å². The van der Waals surface area contributed by atoms with E-state index in [0.717, 1.165) is 54.1 Å². The molecule has 1 aliphatic carbocycles. The smallest absolute Gasteiger partial charge is 0.243 e. The molecule has 5 rings (SSSR count). The number of aromatic amines is 1. The molecular weight excluding hydrogens is 725 g/mol. The van der Waals surface area contributed by atoms with Crippen LogP contribution in [0.15, 0.2) is 60.8 Å². The fourth-order valence-corrected chi connectivity index (χ4v) is 7.97. The Morgan fingerprint density at radius 1 is 0.754 bits per heavy atom. The quantitative estimate of drug-likeness (QED) is 0.145. The molecule has 57 heavy (non-hydrogen) atoms. The van der Waals surface area contributed by atoms with Crippen molar-refractivity contribution in [1.82, 2.24) is 36.9 Å². The topological polar surface area (TPSA) is 216 Å². The third-order valence-electron chi connectivity index (χ3n) is 11.0. The van der Waals surface area contributed by atoms with Gasteiger partial charge in [0, 0.05) is 61.9 Å². The summed E-state index contributed by atoms with van der Waals surface area (Å²) in [6.07, 6.45) is 8.21. The van der Waals surface area contributed by atoms with Crippen LogP contribution >= 0.6 is 0 Å². The molecule has 1 aromatic heterocycles. The molecule has 9 N–H and O–H groups in total. The number of nitrogens with one attached hydrogen (secondary N) is 7. The average Bonchev–Trinajstić information content (AvgIpc) is 3.59. The molecule has 5 atom stereocenters. The first-order chi connectivity index (χ1) is 27.4. The number of para-hydroxylation sites is 1. The van der Waals surface area contributed by atoms with Crippen molar-refractivity contribution in [2.75, 3.05) is 13.1 Å². The van der Waals surface area contributed by atoms with Crippen molar-refractivity contribution >= 4 is 46.3 Å². The molecule has 1 saturated carbocycles. The lowest BCUT2D eigenvalue weighted by molar-refractivity contribution is -0.134. The fourth-order valence-electron chi connectivity index (χ4n) is 7.97. The maximum absolute atomic E-state index is 14.3. The summed E-state index contributed by atoms with van der Waals surface area (Å²) in [7, 11) is 0. The number of rotatable bonds is 11. The van der Waals surface area contributed by atoms with E-state index < -0.39 is 53.7 Å². The molecule has 0 bridgehead atoms. The summed E-state index contributed by atoms with van der Waals surface area (Å²) in [5.74, 6) is -2.51. The maximum atomic E-state index is 14.3. The minimum absolute atomic E-state index is 0.0130. The molecule has 0 radical (unpaired) electrons. The van der Waals surface area contributed by atoms with Gasteiger partial charge < -0.3 is 42.6 Å². The summed E-state index contributed by atoms with van der Waals surface area (Å²) in [5.41, 5.74) is 7.94. The molecule has 2 heterocycles. The Bertz CT molecular complexity index is 1820. The number of aromatic nitrogens is 1. The number of hydrogen-bond acceptors (Lipinski definition) is 7. The highest BCUT2D eigenvalue weighted by molar-refractivity contribution is 5.96. The number of carbonyl (C=O) groups excluding carboxylic acids is 6. The Kier molecular flexibility index (Phi) is 16.1. The second-order valence-electron chi connectivity index (χ2n) is 16.1. The van der Waals surface area contributed by atoms with Gasteiger partial charge in [-0.3, -0.25) is 28.8 Å². The minimum Gasteiger partial charge on any atom is -0.370 e. The SMILES string of the molecule is CC(C)CC1CNC(CC2CCCCC2)C(=O)N[C@@H](CCC(N)=O)C(=O)N[C@@H](Cc2c[nH]c3ccccc23)C(=O)N[C@@H](Cc2ccccc2)C(=O)NCCC(=O)N1. The van der Waals surface area contributed by atoms with Crippen LogP contribution in [0.5, 0.6) is 0 Å². The molecule has 14 nitrogen and oxygen atoms in total. The van der Waals surface area contributed by atoms with Crippen LogP contribution in [-0.4, -0.2) is 83.7 Å². The highest BCUT2D eigenvalue weighted by Crippen LogP contribution is 2.28. The molecule has 1 saturated heterocycles. The zero-order valence-corrected chi connectivity index (χ0v) is 33.2. The van der Waals surface area contributed by atoms with E-state index in [9.17, 15) is 28.8 Å². The van der Waals surface area contributed by atoms with Gasteiger partial charge in [0.25, 0.3) is 0 Å². The number of fused-ring (bicyclic) bond motifs is 1. The Morgan fingerprint density at radius 3 is 2.12 bits per heavy atom. The minimum atomic E-state index is -1.20. The summed E-state index contributed by atoms with van der Waals surface area (Å²) in [6, 6.07) is 12.4. The molecule has 2 unspecified atom stereocenters. The van der Waals surface area contributed by atoms with Crippen LogP contribution in [0.2, 0.25) is 0 Å². The van der Waals surface area contributed by atoms with Crippen molar-refractivity contribution in [3.8, 4) is 0 Å². The number of amides is 6. The second-order valence-corrected chi connectivity index (χ2v) is 16.1. The molecule has 0 spiro atoms. The molecule has 2 aromatic carbocycles. The Balaban J connectivity index is 1.49. The Labute approximate surface area is 335 Å². The van der Waals surface area contributed by atoms with Crippen molar-refractivity contribution in [2.45, 2.75) is 121 Å². The molecule has 3 aromatic rings. The van der Waals surface area contributed by atoms with Crippen LogP contribution in [0.1, 0.15) is 89.2 Å².